The molecular formula is C23H30N2O6. The quantitative estimate of drug-likeness (QED) is 0.590. The van der Waals surface area contributed by atoms with Gasteiger partial charge in [-0.3, -0.25) is 9.59 Å². The lowest BCUT2D eigenvalue weighted by atomic mass is 10.1. The van der Waals surface area contributed by atoms with Crippen LogP contribution in [0.4, 0.5) is 0 Å². The van der Waals surface area contributed by atoms with E-state index in [0.29, 0.717) is 23.7 Å². The number of hydrogen-bond donors (Lipinski definition) is 1. The Labute approximate surface area is 183 Å². The van der Waals surface area contributed by atoms with Gasteiger partial charge in [0.05, 0.1) is 21.3 Å². The number of methoxy groups -OCH3 is 3. The molecule has 0 aliphatic heterocycles. The van der Waals surface area contributed by atoms with Crippen LogP contribution in [0.15, 0.2) is 42.5 Å². The van der Waals surface area contributed by atoms with Gasteiger partial charge in [-0.2, -0.15) is 0 Å². The van der Waals surface area contributed by atoms with Crippen molar-refractivity contribution in [1.82, 2.24) is 10.2 Å². The van der Waals surface area contributed by atoms with E-state index >= 15 is 0 Å². The minimum atomic E-state index is -0.622. The van der Waals surface area contributed by atoms with Gasteiger partial charge in [0, 0.05) is 31.8 Å². The fourth-order valence-corrected chi connectivity index (χ4v) is 3.11. The van der Waals surface area contributed by atoms with Crippen molar-refractivity contribution in [3.63, 3.8) is 0 Å². The fraction of sp³-hybridized carbons (Fsp3) is 0.391. The van der Waals surface area contributed by atoms with Crippen LogP contribution in [0, 0.1) is 0 Å². The second-order valence-corrected chi connectivity index (χ2v) is 6.75. The number of carbonyl (C=O) groups is 2. The van der Waals surface area contributed by atoms with Gasteiger partial charge in [-0.15, -0.1) is 0 Å². The van der Waals surface area contributed by atoms with Crippen molar-refractivity contribution in [1.29, 1.82) is 0 Å². The Balaban J connectivity index is 2.21. The maximum absolute atomic E-state index is 13.1. The molecule has 0 aliphatic rings. The minimum absolute atomic E-state index is 0.229. The summed E-state index contributed by atoms with van der Waals surface area (Å²) in [7, 11) is 6.22. The lowest BCUT2D eigenvalue weighted by molar-refractivity contribution is -0.142. The maximum atomic E-state index is 13.1. The fourth-order valence-electron chi connectivity index (χ4n) is 3.11. The molecule has 2 amide bonds. The Morgan fingerprint density at radius 1 is 0.903 bits per heavy atom. The molecule has 2 aromatic carbocycles. The van der Waals surface area contributed by atoms with E-state index in [1.165, 1.54) is 19.1 Å². The van der Waals surface area contributed by atoms with Crippen molar-refractivity contribution in [3.8, 4) is 23.0 Å². The van der Waals surface area contributed by atoms with Crippen LogP contribution in [0.2, 0.25) is 0 Å². The van der Waals surface area contributed by atoms with Crippen molar-refractivity contribution >= 4 is 11.8 Å². The Morgan fingerprint density at radius 2 is 1.45 bits per heavy atom. The van der Waals surface area contributed by atoms with E-state index in [0.717, 1.165) is 11.3 Å². The summed E-state index contributed by atoms with van der Waals surface area (Å²) >= 11 is 0. The predicted octanol–water partition coefficient (Wildman–Crippen LogP) is 2.64. The molecule has 0 spiro atoms. The van der Waals surface area contributed by atoms with Crippen LogP contribution in [0.5, 0.6) is 23.0 Å². The van der Waals surface area contributed by atoms with Crippen molar-refractivity contribution in [2.24, 2.45) is 0 Å². The van der Waals surface area contributed by atoms with Gasteiger partial charge >= 0.3 is 0 Å². The van der Waals surface area contributed by atoms with Crippen molar-refractivity contribution in [2.75, 3.05) is 35.0 Å². The summed E-state index contributed by atoms with van der Waals surface area (Å²) in [6.45, 7) is 1.89. The average molecular weight is 431 g/mol. The first-order chi connectivity index (χ1) is 14.9. The summed E-state index contributed by atoms with van der Waals surface area (Å²) < 4.78 is 21.4. The van der Waals surface area contributed by atoms with Gasteiger partial charge in [0.1, 0.15) is 29.0 Å². The van der Waals surface area contributed by atoms with Gasteiger partial charge in [-0.1, -0.05) is 19.1 Å². The van der Waals surface area contributed by atoms with Crippen LogP contribution in [0.25, 0.3) is 0 Å². The molecule has 168 valence electrons. The first-order valence-corrected chi connectivity index (χ1v) is 9.95. The van der Waals surface area contributed by atoms with Crippen LogP contribution in [-0.2, 0) is 16.1 Å². The molecule has 0 fully saturated rings. The van der Waals surface area contributed by atoms with Crippen LogP contribution in [0.1, 0.15) is 18.9 Å². The summed E-state index contributed by atoms with van der Waals surface area (Å²) in [4.78, 5) is 27.1. The van der Waals surface area contributed by atoms with Crippen LogP contribution in [0.3, 0.4) is 0 Å². The van der Waals surface area contributed by atoms with E-state index < -0.39 is 6.04 Å². The normalized spacial score (nSPS) is 11.3. The number of carbonyl (C=O) groups excluding carboxylic acids is 2. The molecule has 0 saturated carbocycles. The second-order valence-electron chi connectivity index (χ2n) is 6.75. The minimum Gasteiger partial charge on any atom is -0.497 e. The van der Waals surface area contributed by atoms with E-state index in [1.54, 1.807) is 32.4 Å². The Bertz CT molecular complexity index is 847. The molecule has 0 unspecified atom stereocenters. The van der Waals surface area contributed by atoms with Gasteiger partial charge in [-0.25, -0.2) is 0 Å². The lowest BCUT2D eigenvalue weighted by Gasteiger charge is -2.30. The lowest BCUT2D eigenvalue weighted by Crippen LogP contribution is -2.49. The van der Waals surface area contributed by atoms with E-state index in [4.69, 9.17) is 18.9 Å². The zero-order valence-corrected chi connectivity index (χ0v) is 18.6. The smallest absolute Gasteiger partial charge is 0.261 e. The summed E-state index contributed by atoms with van der Waals surface area (Å²) in [5.41, 5.74) is 0.875. The SMILES string of the molecule is CC[C@@H](C(=O)NC)N(Cc1ccc(OC)cc1)C(=O)COc1cc(OC)cc(OC)c1. The monoisotopic (exact) mass is 430 g/mol. The number of amides is 2. The van der Waals surface area contributed by atoms with Gasteiger partial charge in [0.2, 0.25) is 5.91 Å². The Kier molecular flexibility index (Phi) is 8.99. The summed E-state index contributed by atoms with van der Waals surface area (Å²) in [6.07, 6.45) is 0.467. The molecule has 0 saturated heterocycles. The molecule has 2 rings (SSSR count). The van der Waals surface area contributed by atoms with E-state index in [1.807, 2.05) is 31.2 Å². The molecule has 31 heavy (non-hydrogen) atoms. The predicted molar refractivity (Wildman–Crippen MR) is 117 cm³/mol. The molecule has 0 radical (unpaired) electrons. The van der Waals surface area contributed by atoms with Crippen LogP contribution < -0.4 is 24.3 Å². The number of likely N-dealkylation sites (N-methyl/N-ethyl adjacent to an activating group) is 1. The molecule has 0 heterocycles. The molecule has 1 atom stereocenters. The molecule has 0 aromatic heterocycles. The number of benzene rings is 2. The Hall–Kier alpha value is -3.42. The van der Waals surface area contributed by atoms with Crippen LogP contribution >= 0.6 is 0 Å². The second kappa shape index (κ2) is 11.7. The highest BCUT2D eigenvalue weighted by molar-refractivity contribution is 5.88. The Morgan fingerprint density at radius 3 is 1.94 bits per heavy atom. The number of nitrogens with one attached hydrogen (secondary N) is 1. The topological polar surface area (TPSA) is 86.3 Å². The standard InChI is InChI=1S/C23H30N2O6/c1-6-21(23(27)24-2)25(14-16-7-9-17(28-3)10-8-16)22(26)15-31-20-12-18(29-4)11-19(13-20)30-5/h7-13,21H,6,14-15H2,1-5H3,(H,24,27)/t21-/m0/s1. The van der Waals surface area contributed by atoms with Crippen molar-refractivity contribution < 1.29 is 28.5 Å². The number of rotatable bonds is 11. The van der Waals surface area contributed by atoms with Crippen molar-refractivity contribution in [2.45, 2.75) is 25.9 Å². The largest absolute Gasteiger partial charge is 0.497 e. The molecular weight excluding hydrogens is 400 g/mol. The van der Waals surface area contributed by atoms with Crippen molar-refractivity contribution in [3.05, 3.63) is 48.0 Å². The number of ether oxygens (including phenoxy) is 4. The highest BCUT2D eigenvalue weighted by atomic mass is 16.5. The number of nitrogens with zero attached hydrogens (tertiary/aromatic N) is 1. The van der Waals surface area contributed by atoms with Gasteiger partial charge in [-0.05, 0) is 24.1 Å². The first-order valence-electron chi connectivity index (χ1n) is 9.95. The van der Waals surface area contributed by atoms with E-state index in [9.17, 15) is 9.59 Å². The molecule has 2 aromatic rings. The zero-order valence-electron chi connectivity index (χ0n) is 18.6. The van der Waals surface area contributed by atoms with Gasteiger partial charge in [0.15, 0.2) is 6.61 Å². The molecule has 8 nitrogen and oxygen atoms in total. The zero-order chi connectivity index (χ0) is 22.8. The first kappa shape index (κ1) is 23.9. The van der Waals surface area contributed by atoms with E-state index in [-0.39, 0.29) is 25.0 Å². The van der Waals surface area contributed by atoms with Crippen LogP contribution in [-0.4, -0.2) is 57.7 Å². The average Bonchev–Trinajstić information content (AvgIpc) is 2.82. The number of hydrogen-bond acceptors (Lipinski definition) is 6. The molecule has 0 aliphatic carbocycles. The van der Waals surface area contributed by atoms with Gasteiger partial charge < -0.3 is 29.2 Å². The third-order valence-electron chi connectivity index (χ3n) is 4.83. The maximum Gasteiger partial charge on any atom is 0.261 e. The van der Waals surface area contributed by atoms with E-state index in [2.05, 4.69) is 5.32 Å². The highest BCUT2D eigenvalue weighted by Crippen LogP contribution is 2.27. The van der Waals surface area contributed by atoms with Gasteiger partial charge in [0.25, 0.3) is 5.91 Å². The molecule has 0 bridgehead atoms. The summed E-state index contributed by atoms with van der Waals surface area (Å²) in [6, 6.07) is 11.8. The highest BCUT2D eigenvalue weighted by Gasteiger charge is 2.28. The summed E-state index contributed by atoms with van der Waals surface area (Å²) in [5, 5.41) is 2.63. The third kappa shape index (κ3) is 6.53. The molecule has 8 heteroatoms. The third-order valence-corrected chi connectivity index (χ3v) is 4.83. The summed E-state index contributed by atoms with van der Waals surface area (Å²) in [5.74, 6) is 1.71. The molecule has 1 N–H and O–H groups in total.